The van der Waals surface area contributed by atoms with Crippen LogP contribution < -0.4 is 10.2 Å². The number of aromatic nitrogens is 3. The highest BCUT2D eigenvalue weighted by molar-refractivity contribution is 7.22. The van der Waals surface area contributed by atoms with Gasteiger partial charge in [-0.25, -0.2) is 4.68 Å². The SMILES string of the molecule is CC[C@H](C)NC(=O)[C@@H]1CCCN(c2nc3c(s2)c(C)nn3-c2ccc(Cl)cc2)C1. The smallest absolute Gasteiger partial charge is 0.225 e. The summed E-state index contributed by atoms with van der Waals surface area (Å²) in [6.45, 7) is 7.79. The van der Waals surface area contributed by atoms with Crippen LogP contribution in [0.2, 0.25) is 5.02 Å². The lowest BCUT2D eigenvalue weighted by molar-refractivity contribution is -0.125. The van der Waals surface area contributed by atoms with Gasteiger partial charge in [0.25, 0.3) is 0 Å². The lowest BCUT2D eigenvalue weighted by atomic mass is 9.97. The molecule has 1 amide bonds. The summed E-state index contributed by atoms with van der Waals surface area (Å²) < 4.78 is 2.96. The third-order valence-electron chi connectivity index (χ3n) is 5.51. The number of rotatable bonds is 5. The molecule has 0 saturated carbocycles. The molecular weight excluding hydrogens is 406 g/mol. The van der Waals surface area contributed by atoms with Crippen molar-refractivity contribution < 1.29 is 4.79 Å². The van der Waals surface area contributed by atoms with Crippen LogP contribution in [0.15, 0.2) is 24.3 Å². The fourth-order valence-corrected chi connectivity index (χ4v) is 4.80. The number of carbonyl (C=O) groups excluding carboxylic acids is 1. The van der Waals surface area contributed by atoms with Crippen molar-refractivity contribution in [3.63, 3.8) is 0 Å². The van der Waals surface area contributed by atoms with E-state index < -0.39 is 0 Å². The number of hydrogen-bond acceptors (Lipinski definition) is 5. The first kappa shape index (κ1) is 20.2. The Balaban J connectivity index is 1.59. The van der Waals surface area contributed by atoms with E-state index in [-0.39, 0.29) is 17.9 Å². The number of halogens is 1. The average molecular weight is 432 g/mol. The number of piperidine rings is 1. The van der Waals surface area contributed by atoms with Gasteiger partial charge >= 0.3 is 0 Å². The predicted molar refractivity (Wildman–Crippen MR) is 119 cm³/mol. The van der Waals surface area contributed by atoms with Gasteiger partial charge in [0, 0.05) is 24.2 Å². The maximum atomic E-state index is 12.6. The van der Waals surface area contributed by atoms with Crippen molar-refractivity contribution in [3.05, 3.63) is 35.0 Å². The molecule has 2 aromatic heterocycles. The van der Waals surface area contributed by atoms with Crippen LogP contribution in [0.4, 0.5) is 5.13 Å². The second-order valence-corrected chi connectivity index (χ2v) is 9.14. The van der Waals surface area contributed by atoms with Gasteiger partial charge in [0.15, 0.2) is 10.8 Å². The van der Waals surface area contributed by atoms with Gasteiger partial charge in [0.2, 0.25) is 5.91 Å². The maximum Gasteiger partial charge on any atom is 0.225 e. The van der Waals surface area contributed by atoms with Crippen LogP contribution in [0, 0.1) is 12.8 Å². The number of anilines is 1. The van der Waals surface area contributed by atoms with Crippen molar-refractivity contribution in [3.8, 4) is 5.69 Å². The molecule has 1 N–H and O–H groups in total. The highest BCUT2D eigenvalue weighted by Gasteiger charge is 2.28. The number of benzene rings is 1. The van der Waals surface area contributed by atoms with E-state index >= 15 is 0 Å². The van der Waals surface area contributed by atoms with Crippen molar-refractivity contribution in [2.45, 2.75) is 46.1 Å². The van der Waals surface area contributed by atoms with E-state index in [1.807, 2.05) is 35.9 Å². The molecule has 1 fully saturated rings. The minimum atomic E-state index is 0.0126. The highest BCUT2D eigenvalue weighted by atomic mass is 35.5. The molecule has 1 aromatic carbocycles. The molecule has 0 aliphatic carbocycles. The van der Waals surface area contributed by atoms with E-state index in [0.717, 1.165) is 52.7 Å². The highest BCUT2D eigenvalue weighted by Crippen LogP contribution is 2.34. The number of fused-ring (bicyclic) bond motifs is 1. The Morgan fingerprint density at radius 2 is 2.14 bits per heavy atom. The molecule has 1 aliphatic rings. The molecule has 3 aromatic rings. The molecule has 0 bridgehead atoms. The molecule has 1 saturated heterocycles. The molecule has 29 heavy (non-hydrogen) atoms. The molecule has 1 aliphatic heterocycles. The van der Waals surface area contributed by atoms with E-state index in [2.05, 4.69) is 29.2 Å². The van der Waals surface area contributed by atoms with Crippen molar-refractivity contribution >= 4 is 44.3 Å². The molecule has 0 unspecified atom stereocenters. The van der Waals surface area contributed by atoms with Crippen LogP contribution in [-0.4, -0.2) is 39.8 Å². The van der Waals surface area contributed by atoms with Gasteiger partial charge in [-0.2, -0.15) is 10.1 Å². The Morgan fingerprint density at radius 1 is 1.38 bits per heavy atom. The minimum absolute atomic E-state index is 0.0126. The summed E-state index contributed by atoms with van der Waals surface area (Å²) in [7, 11) is 0. The van der Waals surface area contributed by atoms with Gasteiger partial charge in [0.05, 0.1) is 22.0 Å². The third kappa shape index (κ3) is 4.12. The largest absolute Gasteiger partial charge is 0.353 e. The molecular formula is C21H26ClN5OS. The molecule has 2 atom stereocenters. The van der Waals surface area contributed by atoms with Crippen LogP contribution in [0.1, 0.15) is 38.8 Å². The first-order chi connectivity index (χ1) is 14.0. The van der Waals surface area contributed by atoms with Crippen LogP contribution in [0.3, 0.4) is 0 Å². The fourth-order valence-electron chi connectivity index (χ4n) is 3.65. The molecule has 0 spiro atoms. The number of hydrogen-bond donors (Lipinski definition) is 1. The number of amides is 1. The Bertz CT molecular complexity index is 1010. The summed E-state index contributed by atoms with van der Waals surface area (Å²) in [6.07, 6.45) is 2.87. The van der Waals surface area contributed by atoms with Crippen LogP contribution >= 0.6 is 22.9 Å². The van der Waals surface area contributed by atoms with Gasteiger partial charge in [-0.05, 0) is 57.4 Å². The lowest BCUT2D eigenvalue weighted by Crippen LogP contribution is -2.45. The summed E-state index contributed by atoms with van der Waals surface area (Å²) in [4.78, 5) is 19.8. The second-order valence-electron chi connectivity index (χ2n) is 7.73. The van der Waals surface area contributed by atoms with E-state index in [9.17, 15) is 4.79 Å². The van der Waals surface area contributed by atoms with Crippen LogP contribution in [-0.2, 0) is 4.79 Å². The Hall–Kier alpha value is -2.12. The van der Waals surface area contributed by atoms with Gasteiger partial charge in [0.1, 0.15) is 0 Å². The second kappa shape index (κ2) is 8.32. The van der Waals surface area contributed by atoms with E-state index in [1.54, 1.807) is 11.3 Å². The Labute approximate surface area is 179 Å². The summed E-state index contributed by atoms with van der Waals surface area (Å²) in [5.74, 6) is 0.173. The molecule has 0 radical (unpaired) electrons. The molecule has 6 nitrogen and oxygen atoms in total. The van der Waals surface area contributed by atoms with E-state index in [1.165, 1.54) is 0 Å². The molecule has 3 heterocycles. The van der Waals surface area contributed by atoms with Gasteiger partial charge in [-0.1, -0.05) is 29.9 Å². The van der Waals surface area contributed by atoms with Crippen molar-refractivity contribution in [1.29, 1.82) is 0 Å². The number of carbonyl (C=O) groups is 1. The maximum absolute atomic E-state index is 12.6. The van der Waals surface area contributed by atoms with Crippen LogP contribution in [0.25, 0.3) is 16.0 Å². The Morgan fingerprint density at radius 3 is 2.86 bits per heavy atom. The van der Waals surface area contributed by atoms with Crippen molar-refractivity contribution in [2.24, 2.45) is 5.92 Å². The van der Waals surface area contributed by atoms with Crippen LogP contribution in [0.5, 0.6) is 0 Å². The predicted octanol–water partition coefficient (Wildman–Crippen LogP) is 4.57. The number of aryl methyl sites for hydroxylation is 1. The van der Waals surface area contributed by atoms with Crippen molar-refractivity contribution in [2.75, 3.05) is 18.0 Å². The molecule has 154 valence electrons. The molecule has 4 rings (SSSR count). The first-order valence-corrected chi connectivity index (χ1v) is 11.3. The standard InChI is InChI=1S/C21H26ClN5OS/c1-4-13(2)23-20(28)15-6-5-11-26(12-15)21-24-19-18(29-21)14(3)25-27(19)17-9-7-16(22)8-10-17/h7-10,13,15H,4-6,11-12H2,1-3H3,(H,23,28)/t13-,15+/m0/s1. The van der Waals surface area contributed by atoms with Crippen molar-refractivity contribution in [1.82, 2.24) is 20.1 Å². The van der Waals surface area contributed by atoms with E-state index in [0.29, 0.717) is 11.6 Å². The van der Waals surface area contributed by atoms with Gasteiger partial charge in [-0.15, -0.1) is 0 Å². The molecule has 8 heteroatoms. The zero-order valence-corrected chi connectivity index (χ0v) is 18.6. The first-order valence-electron chi connectivity index (χ1n) is 10.1. The minimum Gasteiger partial charge on any atom is -0.353 e. The third-order valence-corrected chi connectivity index (χ3v) is 6.98. The fraction of sp³-hybridized carbons (Fsp3) is 0.476. The van der Waals surface area contributed by atoms with Gasteiger partial charge < -0.3 is 10.2 Å². The zero-order valence-electron chi connectivity index (χ0n) is 17.0. The van der Waals surface area contributed by atoms with E-state index in [4.69, 9.17) is 16.6 Å². The summed E-state index contributed by atoms with van der Waals surface area (Å²) in [6, 6.07) is 7.83. The van der Waals surface area contributed by atoms with Gasteiger partial charge in [-0.3, -0.25) is 4.79 Å². The number of nitrogens with one attached hydrogen (secondary N) is 1. The Kier molecular flexibility index (Phi) is 5.79. The topological polar surface area (TPSA) is 63.1 Å². The normalized spacial score (nSPS) is 18.2. The monoisotopic (exact) mass is 431 g/mol. The average Bonchev–Trinajstić information content (AvgIpc) is 3.29. The number of thiazole rings is 1. The summed E-state index contributed by atoms with van der Waals surface area (Å²) in [5.41, 5.74) is 2.76. The quantitative estimate of drug-likeness (QED) is 0.642. The summed E-state index contributed by atoms with van der Waals surface area (Å²) in [5, 5.41) is 9.45. The summed E-state index contributed by atoms with van der Waals surface area (Å²) >= 11 is 7.68. The zero-order chi connectivity index (χ0) is 20.5. The lowest BCUT2D eigenvalue weighted by Gasteiger charge is -2.32. The number of nitrogens with zero attached hydrogens (tertiary/aromatic N) is 4.